The van der Waals surface area contributed by atoms with E-state index < -0.39 is 0 Å². The number of ether oxygens (including phenoxy) is 3. The average molecular weight is 583 g/mol. The van der Waals surface area contributed by atoms with Gasteiger partial charge in [0.25, 0.3) is 5.91 Å². The van der Waals surface area contributed by atoms with E-state index in [0.717, 1.165) is 64.6 Å². The molecule has 0 atom stereocenters. The topological polar surface area (TPSA) is 128 Å². The van der Waals surface area contributed by atoms with Gasteiger partial charge in [0, 0.05) is 28.1 Å². The number of fused-ring (bicyclic) bond motifs is 4. The highest BCUT2D eigenvalue weighted by Gasteiger charge is 2.29. The number of rotatable bonds is 5. The Morgan fingerprint density at radius 2 is 1.81 bits per heavy atom. The van der Waals surface area contributed by atoms with Crippen molar-refractivity contribution in [3.8, 4) is 39.6 Å². The molecule has 222 valence electrons. The number of aromatic amines is 1. The molecule has 2 aliphatic rings. The number of aryl methyl sites for hydroxylation is 3. The Morgan fingerprint density at radius 3 is 2.53 bits per heavy atom. The normalized spacial score (nSPS) is 15.7. The molecule has 0 spiro atoms. The molecule has 1 amide bonds. The molecule has 3 aromatic heterocycles. The number of piperidine rings is 1. The van der Waals surface area contributed by atoms with E-state index in [9.17, 15) is 4.79 Å². The van der Waals surface area contributed by atoms with E-state index in [0.29, 0.717) is 59.0 Å². The van der Waals surface area contributed by atoms with Crippen LogP contribution in [0.25, 0.3) is 44.3 Å². The Labute approximate surface area is 248 Å². The fourth-order valence-corrected chi connectivity index (χ4v) is 6.28. The van der Waals surface area contributed by atoms with E-state index in [1.807, 2.05) is 39.0 Å². The van der Waals surface area contributed by atoms with E-state index in [1.54, 1.807) is 13.2 Å². The fraction of sp³-hybridized carbons (Fsp3) is 0.375. The number of carbonyl (C=O) groups is 1. The van der Waals surface area contributed by atoms with Crippen molar-refractivity contribution in [3.05, 3.63) is 47.1 Å². The lowest BCUT2D eigenvalue weighted by Gasteiger charge is -2.30. The van der Waals surface area contributed by atoms with E-state index in [2.05, 4.69) is 27.4 Å². The summed E-state index contributed by atoms with van der Waals surface area (Å²) in [4.78, 5) is 28.8. The Balaban J connectivity index is 1.37. The van der Waals surface area contributed by atoms with Gasteiger partial charge in [-0.25, -0.2) is 9.97 Å². The maximum absolute atomic E-state index is 13.4. The van der Waals surface area contributed by atoms with E-state index in [4.69, 9.17) is 28.7 Å². The number of aromatic nitrogens is 4. The van der Waals surface area contributed by atoms with Crippen LogP contribution in [0, 0.1) is 20.8 Å². The molecule has 0 saturated carbocycles. The third-order valence-corrected chi connectivity index (χ3v) is 8.43. The Kier molecular flexibility index (Phi) is 6.69. The van der Waals surface area contributed by atoms with Crippen molar-refractivity contribution in [2.45, 2.75) is 39.7 Å². The van der Waals surface area contributed by atoms with Crippen molar-refractivity contribution >= 4 is 27.8 Å². The molecule has 11 nitrogen and oxygen atoms in total. The van der Waals surface area contributed by atoms with Gasteiger partial charge in [0.1, 0.15) is 36.2 Å². The van der Waals surface area contributed by atoms with Crippen LogP contribution in [0.4, 0.5) is 0 Å². The van der Waals surface area contributed by atoms with Crippen LogP contribution >= 0.6 is 0 Å². The number of H-pyrrole nitrogens is 1. The average Bonchev–Trinajstić information content (AvgIpc) is 3.53. The van der Waals surface area contributed by atoms with Crippen LogP contribution in [0.15, 0.2) is 28.8 Å². The van der Waals surface area contributed by atoms with Crippen LogP contribution in [-0.2, 0) is 0 Å². The maximum atomic E-state index is 13.4. The van der Waals surface area contributed by atoms with Gasteiger partial charge in [-0.3, -0.25) is 4.79 Å². The minimum atomic E-state index is -0.157. The summed E-state index contributed by atoms with van der Waals surface area (Å²) in [5.74, 6) is 2.78. The summed E-state index contributed by atoms with van der Waals surface area (Å²) >= 11 is 0. The summed E-state index contributed by atoms with van der Waals surface area (Å²) in [6.07, 6.45) is 1.83. The van der Waals surface area contributed by atoms with Crippen LogP contribution in [0.1, 0.15) is 40.5 Å². The van der Waals surface area contributed by atoms with Crippen LogP contribution in [0.3, 0.4) is 0 Å². The second kappa shape index (κ2) is 10.6. The molecule has 11 heteroatoms. The zero-order chi connectivity index (χ0) is 29.8. The van der Waals surface area contributed by atoms with Crippen LogP contribution in [0.2, 0.25) is 0 Å². The standard InChI is InChI=1S/C32H34N6O5/c1-16-26(17(2)43-37-16)23-14-24-22(15-25(23)40-5)27-28(33-18(3)34-31(27)36-24)20-6-7-21(30-29(20)41-12-13-42-30)32(39)35-19-8-10-38(4)11-9-19/h6-7,14-15,19H,8-13H2,1-5H3,(H,35,39)(H,33,34,36). The van der Waals surface area contributed by atoms with Crippen LogP contribution in [-0.4, -0.2) is 77.4 Å². The first-order chi connectivity index (χ1) is 20.8. The second-order valence-corrected chi connectivity index (χ2v) is 11.3. The highest BCUT2D eigenvalue weighted by Crippen LogP contribution is 2.46. The molecule has 2 N–H and O–H groups in total. The minimum absolute atomic E-state index is 0.129. The van der Waals surface area contributed by atoms with Gasteiger partial charge in [0.05, 0.1) is 35.0 Å². The lowest BCUT2D eigenvalue weighted by Crippen LogP contribution is -2.43. The van der Waals surface area contributed by atoms with E-state index in [1.165, 1.54) is 0 Å². The predicted octanol–water partition coefficient (Wildman–Crippen LogP) is 4.96. The summed E-state index contributed by atoms with van der Waals surface area (Å²) < 4.78 is 23.6. The lowest BCUT2D eigenvalue weighted by molar-refractivity contribution is 0.0906. The van der Waals surface area contributed by atoms with Crippen molar-refractivity contribution in [3.63, 3.8) is 0 Å². The molecule has 0 bridgehead atoms. The molecule has 0 aliphatic carbocycles. The Hall–Kier alpha value is -4.64. The third-order valence-electron chi connectivity index (χ3n) is 8.43. The van der Waals surface area contributed by atoms with Gasteiger partial charge in [0.15, 0.2) is 11.5 Å². The summed E-state index contributed by atoms with van der Waals surface area (Å²) in [7, 11) is 3.75. The molecule has 5 aromatic rings. The van der Waals surface area contributed by atoms with Gasteiger partial charge in [-0.15, -0.1) is 0 Å². The first-order valence-corrected chi connectivity index (χ1v) is 14.6. The molecule has 1 fully saturated rings. The van der Waals surface area contributed by atoms with Gasteiger partial charge in [-0.1, -0.05) is 5.16 Å². The summed E-state index contributed by atoms with van der Waals surface area (Å²) in [5.41, 5.74) is 5.99. The molecule has 1 saturated heterocycles. The Morgan fingerprint density at radius 1 is 1.05 bits per heavy atom. The number of hydrogen-bond acceptors (Lipinski definition) is 9. The highest BCUT2D eigenvalue weighted by atomic mass is 16.6. The van der Waals surface area contributed by atoms with E-state index in [-0.39, 0.29) is 11.9 Å². The number of carbonyl (C=O) groups excluding carboxylic acids is 1. The molecular formula is C32H34N6O5. The minimum Gasteiger partial charge on any atom is -0.496 e. The molecule has 2 aliphatic heterocycles. The molecule has 0 unspecified atom stereocenters. The molecule has 2 aromatic carbocycles. The molecule has 7 rings (SSSR count). The number of hydrogen-bond donors (Lipinski definition) is 2. The zero-order valence-electron chi connectivity index (χ0n) is 25.0. The second-order valence-electron chi connectivity index (χ2n) is 11.3. The van der Waals surface area contributed by atoms with Gasteiger partial charge in [-0.2, -0.15) is 0 Å². The van der Waals surface area contributed by atoms with Gasteiger partial charge < -0.3 is 33.9 Å². The number of amides is 1. The highest BCUT2D eigenvalue weighted by molar-refractivity contribution is 6.14. The molecule has 5 heterocycles. The summed E-state index contributed by atoms with van der Waals surface area (Å²) in [5, 5.41) is 9.06. The summed E-state index contributed by atoms with van der Waals surface area (Å²) in [6, 6.07) is 7.86. The largest absolute Gasteiger partial charge is 0.496 e. The first-order valence-electron chi connectivity index (χ1n) is 14.6. The van der Waals surface area contributed by atoms with Crippen molar-refractivity contribution in [2.24, 2.45) is 0 Å². The van der Waals surface area contributed by atoms with Gasteiger partial charge >= 0.3 is 0 Å². The summed E-state index contributed by atoms with van der Waals surface area (Å²) in [6.45, 7) is 8.31. The number of nitrogens with zero attached hydrogens (tertiary/aromatic N) is 4. The maximum Gasteiger partial charge on any atom is 0.255 e. The lowest BCUT2D eigenvalue weighted by atomic mass is 9.98. The predicted molar refractivity (Wildman–Crippen MR) is 162 cm³/mol. The zero-order valence-corrected chi connectivity index (χ0v) is 25.0. The van der Waals surface area contributed by atoms with Crippen molar-refractivity contribution in [1.29, 1.82) is 0 Å². The van der Waals surface area contributed by atoms with Crippen molar-refractivity contribution in [2.75, 3.05) is 40.5 Å². The molecular weight excluding hydrogens is 548 g/mol. The first kappa shape index (κ1) is 27.2. The van der Waals surface area contributed by atoms with Crippen molar-refractivity contribution < 1.29 is 23.5 Å². The number of benzene rings is 2. The number of nitrogens with one attached hydrogen (secondary N) is 2. The monoisotopic (exact) mass is 582 g/mol. The van der Waals surface area contributed by atoms with E-state index >= 15 is 0 Å². The smallest absolute Gasteiger partial charge is 0.255 e. The quantitative estimate of drug-likeness (QED) is 0.295. The van der Waals surface area contributed by atoms with Crippen LogP contribution in [0.5, 0.6) is 17.2 Å². The molecule has 43 heavy (non-hydrogen) atoms. The molecule has 0 radical (unpaired) electrons. The van der Waals surface area contributed by atoms with Crippen LogP contribution < -0.4 is 19.5 Å². The van der Waals surface area contributed by atoms with Gasteiger partial charge in [0.2, 0.25) is 0 Å². The van der Waals surface area contributed by atoms with Gasteiger partial charge in [-0.05, 0) is 78.0 Å². The Bertz CT molecular complexity index is 1870. The third kappa shape index (κ3) is 4.64. The number of methoxy groups -OCH3 is 1. The van der Waals surface area contributed by atoms with Crippen molar-refractivity contribution in [1.82, 2.24) is 30.3 Å². The SMILES string of the molecule is COc1cc2c(cc1-c1c(C)noc1C)[nH]c1nc(C)nc(-c3ccc(C(=O)NC4CCN(C)CC4)c4c3OCCO4)c12. The number of likely N-dealkylation sites (tertiary alicyclic amines) is 1. The fourth-order valence-electron chi connectivity index (χ4n) is 6.28.